The summed E-state index contributed by atoms with van der Waals surface area (Å²) in [6.45, 7) is 5.98. The number of hydrogen-bond acceptors (Lipinski definition) is 5. The van der Waals surface area contributed by atoms with Crippen molar-refractivity contribution in [1.82, 2.24) is 10.2 Å². The number of carboxylic acids is 1. The average molecular weight is 442 g/mol. The van der Waals surface area contributed by atoms with Gasteiger partial charge >= 0.3 is 5.97 Å². The summed E-state index contributed by atoms with van der Waals surface area (Å²) in [5.41, 5.74) is 0.751. The van der Waals surface area contributed by atoms with Gasteiger partial charge in [0.15, 0.2) is 5.75 Å². The van der Waals surface area contributed by atoms with Gasteiger partial charge < -0.3 is 20.1 Å². The number of carboxylic acid groups (broad SMARTS) is 1. The number of rotatable bonds is 5. The van der Waals surface area contributed by atoms with Gasteiger partial charge in [-0.05, 0) is 43.2 Å². The van der Waals surface area contributed by atoms with E-state index < -0.39 is 11.4 Å². The van der Waals surface area contributed by atoms with Crippen molar-refractivity contribution in [3.8, 4) is 11.5 Å². The first-order valence-electron chi connectivity index (χ1n) is 10.9. The molecule has 0 aromatic heterocycles. The van der Waals surface area contributed by atoms with Gasteiger partial charge in [-0.25, -0.2) is 4.99 Å². The van der Waals surface area contributed by atoms with Crippen LogP contribution in [0.3, 0.4) is 0 Å². The number of hydrogen-bond donors (Lipinski definition) is 2. The molecule has 6 nitrogen and oxygen atoms in total. The summed E-state index contributed by atoms with van der Waals surface area (Å²) in [7, 11) is 0. The van der Waals surface area contributed by atoms with Crippen molar-refractivity contribution in [1.29, 1.82) is 0 Å². The van der Waals surface area contributed by atoms with Crippen LogP contribution in [0.15, 0.2) is 47.5 Å². The van der Waals surface area contributed by atoms with E-state index in [4.69, 9.17) is 21.3 Å². The minimum atomic E-state index is -0.810. The minimum absolute atomic E-state index is 0.179. The van der Waals surface area contributed by atoms with Crippen LogP contribution in [0.1, 0.15) is 38.7 Å². The van der Waals surface area contributed by atoms with Crippen LogP contribution in [0.5, 0.6) is 11.5 Å². The Morgan fingerprint density at radius 2 is 2.10 bits per heavy atom. The molecule has 2 atom stereocenters. The molecule has 1 saturated heterocycles. The number of fused-ring (bicyclic) bond motifs is 2. The number of nitrogens with one attached hydrogen (secondary N) is 1. The van der Waals surface area contributed by atoms with Crippen molar-refractivity contribution in [2.75, 3.05) is 19.6 Å². The fourth-order valence-corrected chi connectivity index (χ4v) is 4.87. The van der Waals surface area contributed by atoms with Gasteiger partial charge in [0.1, 0.15) is 17.3 Å². The van der Waals surface area contributed by atoms with Crippen LogP contribution in [0, 0.1) is 5.41 Å². The van der Waals surface area contributed by atoms with Crippen molar-refractivity contribution < 1.29 is 14.6 Å². The molecular formula is C24H28ClN3O3. The van der Waals surface area contributed by atoms with Gasteiger partial charge in [-0.3, -0.25) is 4.79 Å². The van der Waals surface area contributed by atoms with Gasteiger partial charge in [0.05, 0.1) is 11.0 Å². The largest absolute Gasteiger partial charge is 0.481 e. The van der Waals surface area contributed by atoms with Crippen LogP contribution in [0.4, 0.5) is 5.69 Å². The quantitative estimate of drug-likeness (QED) is 0.676. The van der Waals surface area contributed by atoms with Crippen LogP contribution in [-0.4, -0.2) is 47.5 Å². The third-order valence-corrected chi connectivity index (χ3v) is 6.63. The summed E-state index contributed by atoms with van der Waals surface area (Å²) in [4.78, 5) is 19.5. The average Bonchev–Trinajstić information content (AvgIpc) is 2.94. The smallest absolute Gasteiger partial charge is 0.311 e. The van der Waals surface area contributed by atoms with E-state index in [9.17, 15) is 9.90 Å². The topological polar surface area (TPSA) is 74.2 Å². The number of para-hydroxylation sites is 1. The summed E-state index contributed by atoms with van der Waals surface area (Å²) < 4.78 is 6.16. The molecule has 1 fully saturated rings. The summed E-state index contributed by atoms with van der Waals surface area (Å²) in [5, 5.41) is 14.2. The van der Waals surface area contributed by atoms with E-state index in [2.05, 4.69) is 10.2 Å². The normalized spacial score (nSPS) is 19.9. The molecule has 2 heterocycles. The Morgan fingerprint density at radius 1 is 1.29 bits per heavy atom. The highest BCUT2D eigenvalue weighted by molar-refractivity contribution is 6.31. The van der Waals surface area contributed by atoms with Crippen LogP contribution < -0.4 is 10.1 Å². The molecule has 2 N–H and O–H groups in total. The van der Waals surface area contributed by atoms with Crippen LogP contribution in [0.2, 0.25) is 5.02 Å². The molecule has 0 bridgehead atoms. The van der Waals surface area contributed by atoms with Crippen molar-refractivity contribution in [2.24, 2.45) is 10.4 Å². The lowest BCUT2D eigenvalue weighted by Crippen LogP contribution is -2.61. The number of carbonyl (C=O) groups is 1. The fraction of sp³-hybridized carbons (Fsp3) is 0.417. The summed E-state index contributed by atoms with van der Waals surface area (Å²) in [6.07, 6.45) is 2.03. The Kier molecular flexibility index (Phi) is 6.21. The lowest BCUT2D eigenvalue weighted by atomic mass is 9.73. The van der Waals surface area contributed by atoms with Crippen molar-refractivity contribution >= 4 is 29.1 Å². The van der Waals surface area contributed by atoms with Gasteiger partial charge in [0, 0.05) is 30.7 Å². The molecule has 0 spiro atoms. The molecule has 2 unspecified atom stereocenters. The second-order valence-corrected chi connectivity index (χ2v) is 8.60. The molecule has 164 valence electrons. The zero-order valence-electron chi connectivity index (χ0n) is 17.9. The molecule has 2 aliphatic rings. The molecule has 2 aromatic carbocycles. The van der Waals surface area contributed by atoms with Crippen LogP contribution >= 0.6 is 11.6 Å². The number of piperazine rings is 1. The Morgan fingerprint density at radius 3 is 2.84 bits per heavy atom. The Hall–Kier alpha value is -2.57. The lowest BCUT2D eigenvalue weighted by Gasteiger charge is -2.44. The van der Waals surface area contributed by atoms with E-state index >= 15 is 0 Å². The van der Waals surface area contributed by atoms with E-state index in [1.807, 2.05) is 44.2 Å². The van der Waals surface area contributed by atoms with E-state index in [0.29, 0.717) is 42.4 Å². The molecule has 2 aliphatic heterocycles. The monoisotopic (exact) mass is 441 g/mol. The number of benzene rings is 2. The van der Waals surface area contributed by atoms with Gasteiger partial charge in [-0.15, -0.1) is 0 Å². The summed E-state index contributed by atoms with van der Waals surface area (Å²) >= 11 is 6.23. The zero-order chi connectivity index (χ0) is 22.0. The van der Waals surface area contributed by atoms with Gasteiger partial charge in [0.2, 0.25) is 0 Å². The van der Waals surface area contributed by atoms with Crippen LogP contribution in [-0.2, 0) is 4.79 Å². The first-order valence-corrected chi connectivity index (χ1v) is 11.2. The van der Waals surface area contributed by atoms with Gasteiger partial charge in [0.25, 0.3) is 0 Å². The minimum Gasteiger partial charge on any atom is -0.481 e. The number of halogens is 1. The highest BCUT2D eigenvalue weighted by Crippen LogP contribution is 2.40. The molecule has 31 heavy (non-hydrogen) atoms. The Bertz CT molecular complexity index is 1010. The van der Waals surface area contributed by atoms with Crippen molar-refractivity contribution in [3.63, 3.8) is 0 Å². The Balaban J connectivity index is 1.76. The third kappa shape index (κ3) is 4.02. The molecule has 0 aliphatic carbocycles. The SMILES string of the molecule is CCCC(CC)(C(=O)O)C1CN(C2=Nc3cc(Cl)ccc3Oc3ccccc32)CCN1. The predicted molar refractivity (Wildman–Crippen MR) is 123 cm³/mol. The zero-order valence-corrected chi connectivity index (χ0v) is 18.7. The Labute approximate surface area is 187 Å². The molecule has 4 rings (SSSR count). The number of aliphatic imine (C=N–C) groups is 1. The van der Waals surface area contributed by atoms with E-state index in [1.54, 1.807) is 12.1 Å². The maximum atomic E-state index is 12.4. The second kappa shape index (κ2) is 8.89. The first kappa shape index (κ1) is 21.7. The van der Waals surface area contributed by atoms with Gasteiger partial charge in [-0.1, -0.05) is 44.0 Å². The number of amidine groups is 1. The van der Waals surface area contributed by atoms with E-state index in [0.717, 1.165) is 30.1 Å². The first-order chi connectivity index (χ1) is 15.0. The maximum absolute atomic E-state index is 12.4. The van der Waals surface area contributed by atoms with Crippen molar-refractivity contribution in [3.05, 3.63) is 53.1 Å². The third-order valence-electron chi connectivity index (χ3n) is 6.39. The summed E-state index contributed by atoms with van der Waals surface area (Å²) in [5.74, 6) is 1.43. The standard InChI is InChI=1S/C24H28ClN3O3/c1-3-11-24(4-2,23(29)30)21-15-28(13-12-26-21)22-17-7-5-6-8-19(17)31-20-10-9-16(25)14-18(20)27-22/h5-10,14,21,26H,3-4,11-13,15H2,1-2H3,(H,29,30). The second-order valence-electron chi connectivity index (χ2n) is 8.16. The maximum Gasteiger partial charge on any atom is 0.311 e. The molecule has 2 aromatic rings. The number of aliphatic carboxylic acids is 1. The van der Waals surface area contributed by atoms with E-state index in [-0.39, 0.29) is 6.04 Å². The summed E-state index contributed by atoms with van der Waals surface area (Å²) in [6, 6.07) is 13.1. The molecule has 7 heteroatoms. The van der Waals surface area contributed by atoms with Crippen molar-refractivity contribution in [2.45, 2.75) is 39.2 Å². The fourth-order valence-electron chi connectivity index (χ4n) is 4.70. The van der Waals surface area contributed by atoms with Gasteiger partial charge in [-0.2, -0.15) is 0 Å². The number of nitrogens with zero attached hydrogens (tertiary/aromatic N) is 2. The molecular weight excluding hydrogens is 414 g/mol. The van der Waals surface area contributed by atoms with Crippen LogP contribution in [0.25, 0.3) is 0 Å². The number of ether oxygens (including phenoxy) is 1. The highest BCUT2D eigenvalue weighted by Gasteiger charge is 2.45. The molecule has 0 radical (unpaired) electrons. The van der Waals surface area contributed by atoms with E-state index in [1.165, 1.54) is 0 Å². The molecule has 0 amide bonds. The lowest BCUT2D eigenvalue weighted by molar-refractivity contribution is -0.152. The highest BCUT2D eigenvalue weighted by atomic mass is 35.5. The molecule has 0 saturated carbocycles. The predicted octanol–water partition coefficient (Wildman–Crippen LogP) is 5.08.